The minimum atomic E-state index is -0.126. The zero-order chi connectivity index (χ0) is 25.5. The van der Waals surface area contributed by atoms with E-state index in [1.165, 1.54) is 6.07 Å². The molecule has 0 fully saturated rings. The van der Waals surface area contributed by atoms with E-state index in [0.717, 1.165) is 11.1 Å². The summed E-state index contributed by atoms with van der Waals surface area (Å²) >= 11 is 3.35. The van der Waals surface area contributed by atoms with Crippen molar-refractivity contribution in [3.8, 4) is 28.6 Å². The second kappa shape index (κ2) is 11.8. The molecule has 0 amide bonds. The topological polar surface area (TPSA) is 57.9 Å². The van der Waals surface area contributed by atoms with Gasteiger partial charge in [-0.05, 0) is 41.5 Å². The Morgan fingerprint density at radius 3 is 2.03 bits per heavy atom. The van der Waals surface area contributed by atoms with Crippen LogP contribution >= 0.6 is 15.9 Å². The van der Waals surface area contributed by atoms with Gasteiger partial charge in [0.05, 0.1) is 12.0 Å². The number of ether oxygens (including phenoxy) is 3. The van der Waals surface area contributed by atoms with Gasteiger partial charge in [0.1, 0.15) is 30.3 Å². The highest BCUT2D eigenvalue weighted by Crippen LogP contribution is 2.35. The Labute approximate surface area is 223 Å². The lowest BCUT2D eigenvalue weighted by Crippen LogP contribution is -2.03. The number of rotatable bonds is 10. The lowest BCUT2D eigenvalue weighted by Gasteiger charge is -2.15. The molecule has 6 heteroatoms. The monoisotopic (exact) mass is 556 g/mol. The largest absolute Gasteiger partial charge is 0.493 e. The second-order valence-electron chi connectivity index (χ2n) is 8.38. The third-order valence-corrected chi connectivity index (χ3v) is 6.07. The Balaban J connectivity index is 1.47. The molecule has 0 saturated heterocycles. The SMILES string of the molecule is O=c1cc(-c2ccc(OCc3ccccc3)c(OCc3ccccc3)c2)oc2cc(OCCBr)ccc12. The van der Waals surface area contributed by atoms with Gasteiger partial charge in [0.15, 0.2) is 16.9 Å². The van der Waals surface area contributed by atoms with E-state index in [4.69, 9.17) is 18.6 Å². The van der Waals surface area contributed by atoms with Gasteiger partial charge in [0.2, 0.25) is 0 Å². The summed E-state index contributed by atoms with van der Waals surface area (Å²) in [5.74, 6) is 2.25. The highest BCUT2D eigenvalue weighted by Gasteiger charge is 2.13. The van der Waals surface area contributed by atoms with E-state index >= 15 is 0 Å². The van der Waals surface area contributed by atoms with Crippen molar-refractivity contribution in [2.45, 2.75) is 13.2 Å². The fraction of sp³-hybridized carbons (Fsp3) is 0.129. The Hall–Kier alpha value is -4.03. The minimum absolute atomic E-state index is 0.126. The normalized spacial score (nSPS) is 10.8. The molecule has 0 aliphatic rings. The van der Waals surface area contributed by atoms with Crippen LogP contribution in [0.5, 0.6) is 17.2 Å². The number of alkyl halides is 1. The van der Waals surface area contributed by atoms with Crippen LogP contribution in [-0.2, 0) is 13.2 Å². The summed E-state index contributed by atoms with van der Waals surface area (Å²) in [5, 5.41) is 1.21. The van der Waals surface area contributed by atoms with Crippen molar-refractivity contribution in [3.63, 3.8) is 0 Å². The van der Waals surface area contributed by atoms with Crippen LogP contribution in [0, 0.1) is 0 Å². The molecule has 5 aromatic rings. The van der Waals surface area contributed by atoms with Crippen LogP contribution in [-0.4, -0.2) is 11.9 Å². The van der Waals surface area contributed by atoms with Crippen molar-refractivity contribution in [2.24, 2.45) is 0 Å². The lowest BCUT2D eigenvalue weighted by molar-refractivity contribution is 0.256. The van der Waals surface area contributed by atoms with Gasteiger partial charge >= 0.3 is 0 Å². The standard InChI is InChI=1S/C31H25BrO5/c32-15-16-34-25-12-13-26-27(33)19-29(37-30(26)18-25)24-11-14-28(35-20-22-7-3-1-4-8-22)31(17-24)36-21-23-9-5-2-6-10-23/h1-14,17-19H,15-16,20-21H2. The number of halogens is 1. The van der Waals surface area contributed by atoms with E-state index in [-0.39, 0.29) is 5.43 Å². The summed E-state index contributed by atoms with van der Waals surface area (Å²) in [7, 11) is 0. The molecule has 0 atom stereocenters. The fourth-order valence-corrected chi connectivity index (χ4v) is 4.05. The predicted octanol–water partition coefficient (Wildman–Crippen LogP) is 7.39. The van der Waals surface area contributed by atoms with Crippen LogP contribution in [0.4, 0.5) is 0 Å². The Morgan fingerprint density at radius 1 is 0.676 bits per heavy atom. The van der Waals surface area contributed by atoms with E-state index < -0.39 is 0 Å². The Kier molecular flexibility index (Phi) is 7.87. The molecule has 0 N–H and O–H groups in total. The molecule has 0 spiro atoms. The first-order valence-corrected chi connectivity index (χ1v) is 13.1. The van der Waals surface area contributed by atoms with Crippen molar-refractivity contribution < 1.29 is 18.6 Å². The predicted molar refractivity (Wildman–Crippen MR) is 149 cm³/mol. The van der Waals surface area contributed by atoms with Crippen molar-refractivity contribution in [1.82, 2.24) is 0 Å². The van der Waals surface area contributed by atoms with Crippen LogP contribution in [0.2, 0.25) is 0 Å². The average molecular weight is 557 g/mol. The molecule has 0 aliphatic heterocycles. The Morgan fingerprint density at radius 2 is 1.35 bits per heavy atom. The summed E-state index contributed by atoms with van der Waals surface area (Å²) in [6, 6.07) is 32.2. The summed E-state index contributed by atoms with van der Waals surface area (Å²) in [4.78, 5) is 12.9. The summed E-state index contributed by atoms with van der Waals surface area (Å²) in [5.41, 5.74) is 3.14. The summed E-state index contributed by atoms with van der Waals surface area (Å²) in [6.45, 7) is 1.30. The van der Waals surface area contributed by atoms with Crippen LogP contribution in [0.15, 0.2) is 112 Å². The van der Waals surface area contributed by atoms with Gasteiger partial charge in [-0.15, -0.1) is 0 Å². The first-order valence-electron chi connectivity index (χ1n) is 11.9. The Bertz CT molecular complexity index is 1530. The molecule has 0 radical (unpaired) electrons. The van der Waals surface area contributed by atoms with Gasteiger partial charge in [-0.25, -0.2) is 0 Å². The van der Waals surface area contributed by atoms with Gasteiger partial charge in [-0.2, -0.15) is 0 Å². The highest BCUT2D eigenvalue weighted by atomic mass is 79.9. The highest BCUT2D eigenvalue weighted by molar-refractivity contribution is 9.09. The maximum Gasteiger partial charge on any atom is 0.193 e. The molecule has 1 aromatic heterocycles. The van der Waals surface area contributed by atoms with Crippen molar-refractivity contribution in [3.05, 3.63) is 124 Å². The summed E-state index contributed by atoms with van der Waals surface area (Å²) in [6.07, 6.45) is 0. The van der Waals surface area contributed by atoms with Gasteiger partial charge in [0.25, 0.3) is 0 Å². The zero-order valence-electron chi connectivity index (χ0n) is 20.1. The molecule has 37 heavy (non-hydrogen) atoms. The van der Waals surface area contributed by atoms with E-state index in [2.05, 4.69) is 15.9 Å². The average Bonchev–Trinajstić information content (AvgIpc) is 2.95. The maximum absolute atomic E-state index is 12.9. The zero-order valence-corrected chi connectivity index (χ0v) is 21.6. The van der Waals surface area contributed by atoms with E-state index in [1.54, 1.807) is 18.2 Å². The fourth-order valence-electron chi connectivity index (χ4n) is 3.89. The molecule has 4 aromatic carbocycles. The molecule has 1 heterocycles. The second-order valence-corrected chi connectivity index (χ2v) is 9.17. The van der Waals surface area contributed by atoms with Crippen molar-refractivity contribution >= 4 is 26.9 Å². The van der Waals surface area contributed by atoms with Gasteiger partial charge in [0, 0.05) is 23.0 Å². The van der Waals surface area contributed by atoms with Crippen LogP contribution in [0.3, 0.4) is 0 Å². The number of hydrogen-bond acceptors (Lipinski definition) is 5. The summed E-state index contributed by atoms with van der Waals surface area (Å²) < 4.78 is 24.1. The molecule has 0 unspecified atom stereocenters. The molecule has 0 bridgehead atoms. The van der Waals surface area contributed by atoms with Crippen LogP contribution in [0.25, 0.3) is 22.3 Å². The van der Waals surface area contributed by atoms with E-state index in [1.807, 2.05) is 78.9 Å². The molecule has 0 aliphatic carbocycles. The molecular weight excluding hydrogens is 532 g/mol. The molecular formula is C31H25BrO5. The number of benzene rings is 4. The van der Waals surface area contributed by atoms with E-state index in [9.17, 15) is 4.79 Å². The van der Waals surface area contributed by atoms with Crippen molar-refractivity contribution in [2.75, 3.05) is 11.9 Å². The minimum Gasteiger partial charge on any atom is -0.493 e. The molecule has 0 saturated carbocycles. The van der Waals surface area contributed by atoms with Crippen LogP contribution < -0.4 is 19.6 Å². The third kappa shape index (κ3) is 6.22. The molecule has 186 valence electrons. The maximum atomic E-state index is 12.9. The first-order chi connectivity index (χ1) is 18.2. The quantitative estimate of drug-likeness (QED) is 0.168. The third-order valence-electron chi connectivity index (χ3n) is 5.75. The lowest BCUT2D eigenvalue weighted by atomic mass is 10.1. The van der Waals surface area contributed by atoms with E-state index in [0.29, 0.717) is 64.7 Å². The molecule has 5 rings (SSSR count). The van der Waals surface area contributed by atoms with Gasteiger partial charge in [-0.3, -0.25) is 4.79 Å². The van der Waals surface area contributed by atoms with Gasteiger partial charge in [-0.1, -0.05) is 76.6 Å². The smallest absolute Gasteiger partial charge is 0.193 e. The number of hydrogen-bond donors (Lipinski definition) is 0. The first kappa shape index (κ1) is 24.7. The molecule has 5 nitrogen and oxygen atoms in total. The van der Waals surface area contributed by atoms with Gasteiger partial charge < -0.3 is 18.6 Å². The van der Waals surface area contributed by atoms with Crippen LogP contribution in [0.1, 0.15) is 11.1 Å². The number of fused-ring (bicyclic) bond motifs is 1. The van der Waals surface area contributed by atoms with Crippen molar-refractivity contribution in [1.29, 1.82) is 0 Å².